The Morgan fingerprint density at radius 3 is 2.31 bits per heavy atom. The van der Waals surface area contributed by atoms with E-state index in [1.165, 1.54) is 0 Å². The van der Waals surface area contributed by atoms with E-state index in [0.29, 0.717) is 23.5 Å². The first kappa shape index (κ1) is 12.6. The number of carbonyl (C=O) groups excluding carboxylic acids is 2. The molecule has 1 aromatic rings. The van der Waals surface area contributed by atoms with Crippen LogP contribution in [0.2, 0.25) is 0 Å². The molecule has 1 atom stereocenters. The van der Waals surface area contributed by atoms with Crippen LogP contribution >= 0.6 is 0 Å². The summed E-state index contributed by atoms with van der Waals surface area (Å²) >= 11 is 0. The fourth-order valence-electron chi connectivity index (χ4n) is 1.55. The first-order chi connectivity index (χ1) is 7.54. The highest BCUT2D eigenvalue weighted by molar-refractivity contribution is 6.00. The summed E-state index contributed by atoms with van der Waals surface area (Å²) in [6, 6.07) is 6.09. The van der Waals surface area contributed by atoms with Crippen LogP contribution in [0.15, 0.2) is 24.3 Å². The quantitative estimate of drug-likeness (QED) is 0.609. The normalized spacial score (nSPS) is 12.5. The summed E-state index contributed by atoms with van der Waals surface area (Å²) in [7, 11) is 0. The second-order valence-corrected chi connectivity index (χ2v) is 4.34. The number of hydrogen-bond acceptors (Lipinski definition) is 3. The molecule has 0 spiro atoms. The van der Waals surface area contributed by atoms with Crippen molar-refractivity contribution in [2.45, 2.75) is 26.3 Å². The third-order valence-corrected chi connectivity index (χ3v) is 2.39. The summed E-state index contributed by atoms with van der Waals surface area (Å²) in [4.78, 5) is 22.3. The van der Waals surface area contributed by atoms with Gasteiger partial charge >= 0.3 is 0 Å². The van der Waals surface area contributed by atoms with Crippen molar-refractivity contribution in [2.75, 3.05) is 0 Å². The highest BCUT2D eigenvalue weighted by Crippen LogP contribution is 2.10. The monoisotopic (exact) mass is 219 g/mol. The van der Waals surface area contributed by atoms with Crippen LogP contribution in [0.4, 0.5) is 0 Å². The number of carbonyl (C=O) groups is 2. The topological polar surface area (TPSA) is 60.2 Å². The summed E-state index contributed by atoms with van der Waals surface area (Å²) in [6.45, 7) is 4.06. The van der Waals surface area contributed by atoms with Gasteiger partial charge in [-0.2, -0.15) is 0 Å². The molecule has 0 amide bonds. The summed E-state index contributed by atoms with van der Waals surface area (Å²) in [5.74, 6) is 0.333. The molecule has 3 heteroatoms. The van der Waals surface area contributed by atoms with Gasteiger partial charge in [0.25, 0.3) is 0 Å². The van der Waals surface area contributed by atoms with Gasteiger partial charge in [-0.1, -0.05) is 38.1 Å². The molecule has 3 nitrogen and oxygen atoms in total. The molecule has 0 saturated carbocycles. The Morgan fingerprint density at radius 2 is 1.88 bits per heavy atom. The van der Waals surface area contributed by atoms with Gasteiger partial charge in [-0.25, -0.2) is 0 Å². The molecule has 0 fully saturated rings. The molecule has 0 aliphatic rings. The first-order valence-electron chi connectivity index (χ1n) is 5.39. The fraction of sp³-hybridized carbons (Fsp3) is 0.385. The minimum absolute atomic E-state index is 0.0638. The number of hydrogen-bond donors (Lipinski definition) is 1. The van der Waals surface area contributed by atoms with Crippen LogP contribution in [0.1, 0.15) is 41.0 Å². The molecule has 86 valence electrons. The number of ketones is 1. The summed E-state index contributed by atoms with van der Waals surface area (Å²) in [5, 5.41) is 0. The standard InChI is InChI=1S/C13H17NO2/c1-9(2)7-12(14)13(16)11-5-3-10(8-15)4-6-11/h3-6,8-9,12H,7,14H2,1-2H3/t12-/m1/s1. The predicted octanol–water partition coefficient (Wildman–Crippen LogP) is 2.06. The molecular formula is C13H17NO2. The summed E-state index contributed by atoms with van der Waals surface area (Å²) < 4.78 is 0. The van der Waals surface area contributed by atoms with E-state index in [-0.39, 0.29) is 5.78 Å². The van der Waals surface area contributed by atoms with Crippen LogP contribution in [0.25, 0.3) is 0 Å². The van der Waals surface area contributed by atoms with Crippen LogP contribution in [-0.4, -0.2) is 18.1 Å². The third-order valence-electron chi connectivity index (χ3n) is 2.39. The average Bonchev–Trinajstić information content (AvgIpc) is 2.27. The van der Waals surface area contributed by atoms with Gasteiger partial charge in [-0.05, 0) is 12.3 Å². The van der Waals surface area contributed by atoms with E-state index in [4.69, 9.17) is 5.73 Å². The maximum atomic E-state index is 11.9. The maximum absolute atomic E-state index is 11.9. The zero-order valence-corrected chi connectivity index (χ0v) is 9.64. The Morgan fingerprint density at radius 1 is 1.31 bits per heavy atom. The lowest BCUT2D eigenvalue weighted by Crippen LogP contribution is -2.31. The molecule has 0 bridgehead atoms. The van der Waals surface area contributed by atoms with E-state index in [2.05, 4.69) is 0 Å². The van der Waals surface area contributed by atoms with E-state index >= 15 is 0 Å². The molecule has 16 heavy (non-hydrogen) atoms. The predicted molar refractivity (Wildman–Crippen MR) is 63.6 cm³/mol. The second-order valence-electron chi connectivity index (χ2n) is 4.34. The first-order valence-corrected chi connectivity index (χ1v) is 5.39. The Kier molecular flexibility index (Phi) is 4.38. The summed E-state index contributed by atoms with van der Waals surface area (Å²) in [6.07, 6.45) is 1.43. The van der Waals surface area contributed by atoms with Crippen molar-refractivity contribution in [2.24, 2.45) is 11.7 Å². The van der Waals surface area contributed by atoms with Gasteiger partial charge < -0.3 is 5.73 Å². The Balaban J connectivity index is 2.75. The molecule has 0 aromatic heterocycles. The Bertz CT molecular complexity index is 368. The van der Waals surface area contributed by atoms with Crippen molar-refractivity contribution < 1.29 is 9.59 Å². The van der Waals surface area contributed by atoms with E-state index < -0.39 is 6.04 Å². The van der Waals surface area contributed by atoms with Gasteiger partial charge in [0.2, 0.25) is 0 Å². The van der Waals surface area contributed by atoms with E-state index in [0.717, 1.165) is 6.29 Å². The van der Waals surface area contributed by atoms with Crippen LogP contribution < -0.4 is 5.73 Å². The lowest BCUT2D eigenvalue weighted by Gasteiger charge is -2.12. The van der Waals surface area contributed by atoms with Crippen LogP contribution in [0.3, 0.4) is 0 Å². The zero-order chi connectivity index (χ0) is 12.1. The van der Waals surface area contributed by atoms with E-state index in [1.807, 2.05) is 13.8 Å². The number of rotatable bonds is 5. The minimum atomic E-state index is -0.456. The zero-order valence-electron chi connectivity index (χ0n) is 9.64. The molecule has 2 N–H and O–H groups in total. The number of Topliss-reactive ketones (excluding diaryl/α,β-unsaturated/α-hetero) is 1. The lowest BCUT2D eigenvalue weighted by atomic mass is 9.96. The maximum Gasteiger partial charge on any atom is 0.179 e. The molecule has 0 radical (unpaired) electrons. The molecule has 1 aromatic carbocycles. The molecule has 0 heterocycles. The van der Waals surface area contributed by atoms with Crippen molar-refractivity contribution in [1.82, 2.24) is 0 Å². The number of benzene rings is 1. The second kappa shape index (κ2) is 5.56. The van der Waals surface area contributed by atoms with E-state index in [9.17, 15) is 9.59 Å². The van der Waals surface area contributed by atoms with Crippen molar-refractivity contribution in [3.63, 3.8) is 0 Å². The number of aldehydes is 1. The van der Waals surface area contributed by atoms with Crippen LogP contribution in [-0.2, 0) is 0 Å². The Labute approximate surface area is 95.6 Å². The van der Waals surface area contributed by atoms with Crippen molar-refractivity contribution in [1.29, 1.82) is 0 Å². The van der Waals surface area contributed by atoms with Crippen molar-refractivity contribution in [3.8, 4) is 0 Å². The lowest BCUT2D eigenvalue weighted by molar-refractivity contribution is 0.0950. The SMILES string of the molecule is CC(C)C[C@@H](N)C(=O)c1ccc(C=O)cc1. The highest BCUT2D eigenvalue weighted by Gasteiger charge is 2.16. The van der Waals surface area contributed by atoms with Crippen molar-refractivity contribution in [3.05, 3.63) is 35.4 Å². The highest BCUT2D eigenvalue weighted by atomic mass is 16.1. The minimum Gasteiger partial charge on any atom is -0.321 e. The third kappa shape index (κ3) is 3.28. The van der Waals surface area contributed by atoms with Gasteiger partial charge in [0.15, 0.2) is 5.78 Å². The van der Waals surface area contributed by atoms with Crippen LogP contribution in [0, 0.1) is 5.92 Å². The fourth-order valence-corrected chi connectivity index (χ4v) is 1.55. The van der Waals surface area contributed by atoms with Gasteiger partial charge in [-0.15, -0.1) is 0 Å². The van der Waals surface area contributed by atoms with Gasteiger partial charge in [0.05, 0.1) is 6.04 Å². The van der Waals surface area contributed by atoms with E-state index in [1.54, 1.807) is 24.3 Å². The summed E-state index contributed by atoms with van der Waals surface area (Å²) in [5.41, 5.74) is 6.93. The van der Waals surface area contributed by atoms with Gasteiger partial charge in [0, 0.05) is 11.1 Å². The van der Waals surface area contributed by atoms with Crippen LogP contribution in [0.5, 0.6) is 0 Å². The molecular weight excluding hydrogens is 202 g/mol. The largest absolute Gasteiger partial charge is 0.321 e. The molecule has 0 saturated heterocycles. The van der Waals surface area contributed by atoms with Gasteiger partial charge in [0.1, 0.15) is 6.29 Å². The molecule has 0 aliphatic carbocycles. The smallest absolute Gasteiger partial charge is 0.179 e. The van der Waals surface area contributed by atoms with Crippen molar-refractivity contribution >= 4 is 12.1 Å². The Hall–Kier alpha value is -1.48. The number of nitrogens with two attached hydrogens (primary N) is 1. The molecule has 1 rings (SSSR count). The average molecular weight is 219 g/mol. The molecule has 0 aliphatic heterocycles. The van der Waals surface area contributed by atoms with Gasteiger partial charge in [-0.3, -0.25) is 9.59 Å². The molecule has 0 unspecified atom stereocenters.